The monoisotopic (exact) mass is 214 g/mol. The van der Waals surface area contributed by atoms with Crippen molar-refractivity contribution >= 4 is 11.9 Å². The quantitative estimate of drug-likeness (QED) is 0.521. The molecule has 0 bridgehead atoms. The highest BCUT2D eigenvalue weighted by molar-refractivity contribution is 5.92. The molecule has 1 atom stereocenters. The molecule has 0 fully saturated rings. The summed E-state index contributed by atoms with van der Waals surface area (Å²) in [7, 11) is 0. The number of carbonyl (C=O) groups is 2. The summed E-state index contributed by atoms with van der Waals surface area (Å²) < 4.78 is 5.10. The lowest BCUT2D eigenvalue weighted by molar-refractivity contribution is -0.147. The maximum Gasteiger partial charge on any atom is 0.334 e. The van der Waals surface area contributed by atoms with Gasteiger partial charge in [-0.3, -0.25) is 4.79 Å². The normalized spacial score (nSPS) is 11.9. The molecule has 0 aliphatic heterocycles. The molecule has 0 aromatic heterocycles. The Morgan fingerprint density at radius 2 is 2.00 bits per heavy atom. The van der Waals surface area contributed by atoms with Gasteiger partial charge in [0.15, 0.2) is 0 Å². The van der Waals surface area contributed by atoms with Crippen molar-refractivity contribution in [2.24, 2.45) is 0 Å². The predicted molar refractivity (Wildman–Crippen MR) is 56.5 cm³/mol. The van der Waals surface area contributed by atoms with Gasteiger partial charge in [0.05, 0.1) is 6.42 Å². The van der Waals surface area contributed by atoms with Crippen molar-refractivity contribution in [3.8, 4) is 0 Å². The maximum atomic E-state index is 11.3. The van der Waals surface area contributed by atoms with Gasteiger partial charge in [-0.15, -0.1) is 0 Å². The molecule has 86 valence electrons. The summed E-state index contributed by atoms with van der Waals surface area (Å²) in [6.07, 6.45) is 1.97. The fourth-order valence-corrected chi connectivity index (χ4v) is 1.16. The zero-order chi connectivity index (χ0) is 11.8. The zero-order valence-electron chi connectivity index (χ0n) is 9.28. The summed E-state index contributed by atoms with van der Waals surface area (Å²) in [5.74, 6) is -1.67. The van der Waals surface area contributed by atoms with Crippen LogP contribution in [0.15, 0.2) is 12.2 Å². The molecule has 4 heteroatoms. The molecule has 1 N–H and O–H groups in total. The third kappa shape index (κ3) is 5.88. The van der Waals surface area contributed by atoms with E-state index in [0.717, 1.165) is 19.3 Å². The van der Waals surface area contributed by atoms with Crippen LogP contribution < -0.4 is 0 Å². The van der Waals surface area contributed by atoms with E-state index in [1.54, 1.807) is 0 Å². The third-order valence-electron chi connectivity index (χ3n) is 1.99. The largest absolute Gasteiger partial charge is 0.481 e. The highest BCUT2D eigenvalue weighted by Crippen LogP contribution is 2.10. The highest BCUT2D eigenvalue weighted by atomic mass is 16.5. The minimum absolute atomic E-state index is 0.00273. The van der Waals surface area contributed by atoms with E-state index in [4.69, 9.17) is 9.84 Å². The van der Waals surface area contributed by atoms with Gasteiger partial charge in [0, 0.05) is 5.57 Å². The van der Waals surface area contributed by atoms with Gasteiger partial charge in [-0.2, -0.15) is 0 Å². The molecule has 0 aliphatic rings. The number of aliphatic carboxylic acids is 1. The van der Waals surface area contributed by atoms with Gasteiger partial charge in [0.1, 0.15) is 6.10 Å². The zero-order valence-corrected chi connectivity index (χ0v) is 9.28. The molecule has 0 aliphatic carbocycles. The number of hydrogen-bond acceptors (Lipinski definition) is 3. The van der Waals surface area contributed by atoms with Crippen LogP contribution in [0.1, 0.15) is 39.5 Å². The number of hydrogen-bond donors (Lipinski definition) is 1. The van der Waals surface area contributed by atoms with Crippen LogP contribution in [0.4, 0.5) is 0 Å². The molecular formula is C11H18O4. The van der Waals surface area contributed by atoms with Crippen molar-refractivity contribution in [3.63, 3.8) is 0 Å². The molecule has 0 radical (unpaired) electrons. The smallest absolute Gasteiger partial charge is 0.334 e. The van der Waals surface area contributed by atoms with E-state index in [1.165, 1.54) is 0 Å². The first-order valence-electron chi connectivity index (χ1n) is 5.11. The van der Waals surface area contributed by atoms with Crippen LogP contribution in [-0.4, -0.2) is 23.1 Å². The van der Waals surface area contributed by atoms with Crippen molar-refractivity contribution in [2.45, 2.75) is 45.6 Å². The van der Waals surface area contributed by atoms with Gasteiger partial charge in [-0.25, -0.2) is 4.79 Å². The average Bonchev–Trinajstić information content (AvgIpc) is 2.15. The Labute approximate surface area is 89.9 Å². The van der Waals surface area contributed by atoms with Crippen molar-refractivity contribution in [1.29, 1.82) is 0 Å². The van der Waals surface area contributed by atoms with Crippen molar-refractivity contribution in [3.05, 3.63) is 12.2 Å². The number of carboxylic acids is 1. The molecule has 0 aromatic rings. The van der Waals surface area contributed by atoms with Crippen LogP contribution in [0.5, 0.6) is 0 Å². The van der Waals surface area contributed by atoms with E-state index >= 15 is 0 Å². The summed E-state index contributed by atoms with van der Waals surface area (Å²) in [5, 5.41) is 8.46. The molecular weight excluding hydrogens is 196 g/mol. The van der Waals surface area contributed by atoms with E-state index in [0.29, 0.717) is 0 Å². The van der Waals surface area contributed by atoms with E-state index in [2.05, 4.69) is 6.58 Å². The topological polar surface area (TPSA) is 63.6 Å². The fraction of sp³-hybridized carbons (Fsp3) is 0.636. The minimum atomic E-state index is -1.07. The first kappa shape index (κ1) is 13.7. The Hall–Kier alpha value is -1.32. The molecule has 0 saturated heterocycles. The van der Waals surface area contributed by atoms with Crippen LogP contribution in [0.2, 0.25) is 0 Å². The lowest BCUT2D eigenvalue weighted by atomic mass is 10.1. The second-order valence-electron chi connectivity index (χ2n) is 3.40. The van der Waals surface area contributed by atoms with Crippen LogP contribution in [0, 0.1) is 0 Å². The summed E-state index contributed by atoms with van der Waals surface area (Å²) in [6, 6.07) is 0. The summed E-state index contributed by atoms with van der Waals surface area (Å²) in [4.78, 5) is 21.7. The van der Waals surface area contributed by atoms with Gasteiger partial charge in [0.25, 0.3) is 0 Å². The van der Waals surface area contributed by atoms with Crippen LogP contribution >= 0.6 is 0 Å². The van der Waals surface area contributed by atoms with Crippen LogP contribution in [-0.2, 0) is 14.3 Å². The predicted octanol–water partition coefficient (Wildman–Crippen LogP) is 2.14. The maximum absolute atomic E-state index is 11.3. The van der Waals surface area contributed by atoms with E-state index in [1.807, 2.05) is 13.8 Å². The van der Waals surface area contributed by atoms with E-state index in [9.17, 15) is 9.59 Å². The summed E-state index contributed by atoms with van der Waals surface area (Å²) >= 11 is 0. The molecule has 0 saturated carbocycles. The Morgan fingerprint density at radius 3 is 2.40 bits per heavy atom. The minimum Gasteiger partial charge on any atom is -0.481 e. The Bertz CT molecular complexity index is 245. The van der Waals surface area contributed by atoms with Crippen molar-refractivity contribution in [1.82, 2.24) is 0 Å². The molecule has 0 spiro atoms. The lowest BCUT2D eigenvalue weighted by Gasteiger charge is -2.15. The van der Waals surface area contributed by atoms with Gasteiger partial charge < -0.3 is 9.84 Å². The SMILES string of the molecule is C=C(CC(=O)O)C(=O)OC(CC)CCC. The Kier molecular flexibility index (Phi) is 6.42. The van der Waals surface area contributed by atoms with Crippen LogP contribution in [0.25, 0.3) is 0 Å². The number of carbonyl (C=O) groups excluding carboxylic acids is 1. The van der Waals surface area contributed by atoms with Gasteiger partial charge >= 0.3 is 11.9 Å². The Morgan fingerprint density at radius 1 is 1.40 bits per heavy atom. The average molecular weight is 214 g/mol. The highest BCUT2D eigenvalue weighted by Gasteiger charge is 2.16. The first-order chi connectivity index (χ1) is 7.01. The van der Waals surface area contributed by atoms with Crippen molar-refractivity contribution < 1.29 is 19.4 Å². The number of ether oxygens (including phenoxy) is 1. The number of carboxylic acid groups (broad SMARTS) is 1. The molecule has 0 amide bonds. The number of esters is 1. The second-order valence-corrected chi connectivity index (χ2v) is 3.40. The summed E-state index contributed by atoms with van der Waals surface area (Å²) in [5.41, 5.74) is -0.00273. The molecule has 0 aromatic carbocycles. The standard InChI is InChI=1S/C11H18O4/c1-4-6-9(5-2)15-11(14)8(3)7-10(12)13/h9H,3-7H2,1-2H3,(H,12,13). The first-order valence-corrected chi connectivity index (χ1v) is 5.11. The van der Waals surface area contributed by atoms with Gasteiger partial charge in [-0.1, -0.05) is 26.8 Å². The van der Waals surface area contributed by atoms with Crippen molar-refractivity contribution in [2.75, 3.05) is 0 Å². The molecule has 1 unspecified atom stereocenters. The molecule has 0 rings (SSSR count). The Balaban J connectivity index is 4.09. The number of rotatable bonds is 7. The molecule has 0 heterocycles. The van der Waals surface area contributed by atoms with E-state index < -0.39 is 11.9 Å². The summed E-state index contributed by atoms with van der Waals surface area (Å²) in [6.45, 7) is 7.31. The van der Waals surface area contributed by atoms with Gasteiger partial charge in [-0.05, 0) is 12.8 Å². The van der Waals surface area contributed by atoms with Crippen LogP contribution in [0.3, 0.4) is 0 Å². The van der Waals surface area contributed by atoms with E-state index in [-0.39, 0.29) is 18.1 Å². The molecule has 15 heavy (non-hydrogen) atoms. The molecule has 4 nitrogen and oxygen atoms in total. The fourth-order valence-electron chi connectivity index (χ4n) is 1.16. The third-order valence-corrected chi connectivity index (χ3v) is 1.99. The second kappa shape index (κ2) is 7.04. The van der Waals surface area contributed by atoms with Gasteiger partial charge in [0.2, 0.25) is 0 Å². The lowest BCUT2D eigenvalue weighted by Crippen LogP contribution is -2.19.